The number of halogens is 3. The van der Waals surface area contributed by atoms with Gasteiger partial charge >= 0.3 is 6.18 Å². The lowest BCUT2D eigenvalue weighted by Crippen LogP contribution is -2.18. The molecule has 1 aromatic heterocycles. The molecule has 1 amide bonds. The molecule has 0 bridgehead atoms. The number of alkyl halides is 3. The Morgan fingerprint density at radius 2 is 1.96 bits per heavy atom. The van der Waals surface area contributed by atoms with Gasteiger partial charge in [0, 0.05) is 12.6 Å². The van der Waals surface area contributed by atoms with Crippen molar-refractivity contribution in [3.8, 4) is 0 Å². The smallest absolute Gasteiger partial charge is 0.370 e. The van der Waals surface area contributed by atoms with E-state index in [1.165, 1.54) is 30.6 Å². The molecule has 0 atom stereocenters. The van der Waals surface area contributed by atoms with E-state index in [0.717, 1.165) is 12.5 Å². The van der Waals surface area contributed by atoms with Crippen LogP contribution < -0.4 is 10.6 Å². The molecule has 1 heterocycles. The van der Waals surface area contributed by atoms with Crippen LogP contribution in [0.3, 0.4) is 0 Å². The summed E-state index contributed by atoms with van der Waals surface area (Å²) in [4.78, 5) is 19.9. The van der Waals surface area contributed by atoms with Crippen LogP contribution in [0.5, 0.6) is 0 Å². The summed E-state index contributed by atoms with van der Waals surface area (Å²) in [7, 11) is 0. The Morgan fingerprint density at radius 3 is 2.65 bits per heavy atom. The van der Waals surface area contributed by atoms with Crippen molar-refractivity contribution in [3.63, 3.8) is 0 Å². The lowest BCUT2D eigenvalue weighted by atomic mass is 10.1. The summed E-state index contributed by atoms with van der Waals surface area (Å²) in [6.07, 6.45) is -2.50. The van der Waals surface area contributed by atoms with E-state index in [0.29, 0.717) is 12.4 Å². The first-order valence-corrected chi connectivity index (χ1v) is 6.95. The second-order valence-corrected chi connectivity index (χ2v) is 4.71. The molecule has 8 heteroatoms. The van der Waals surface area contributed by atoms with Crippen LogP contribution in [0.2, 0.25) is 0 Å². The quantitative estimate of drug-likeness (QED) is 0.882. The second kappa shape index (κ2) is 7.08. The Bertz CT molecular complexity index is 688. The van der Waals surface area contributed by atoms with Crippen LogP contribution in [0.15, 0.2) is 36.7 Å². The Kier molecular flexibility index (Phi) is 5.15. The normalized spacial score (nSPS) is 11.1. The van der Waals surface area contributed by atoms with Crippen LogP contribution in [0, 0.1) is 0 Å². The monoisotopic (exact) mass is 324 g/mol. The second-order valence-electron chi connectivity index (χ2n) is 4.71. The molecule has 0 aliphatic heterocycles. The van der Waals surface area contributed by atoms with Gasteiger partial charge in [-0.25, -0.2) is 9.97 Å². The van der Waals surface area contributed by atoms with E-state index >= 15 is 0 Å². The fourth-order valence-electron chi connectivity index (χ4n) is 1.86. The van der Waals surface area contributed by atoms with Gasteiger partial charge in [-0.15, -0.1) is 0 Å². The fourth-order valence-corrected chi connectivity index (χ4v) is 1.86. The SMILES string of the molecule is CCCNc1cc(C(=O)Nc2ccccc2C(F)(F)F)ncn1. The van der Waals surface area contributed by atoms with E-state index in [2.05, 4.69) is 20.6 Å². The maximum absolute atomic E-state index is 12.9. The number of aromatic nitrogens is 2. The van der Waals surface area contributed by atoms with Gasteiger partial charge in [-0.1, -0.05) is 19.1 Å². The number of para-hydroxylation sites is 1. The highest BCUT2D eigenvalue weighted by atomic mass is 19.4. The molecule has 2 rings (SSSR count). The van der Waals surface area contributed by atoms with Crippen LogP contribution >= 0.6 is 0 Å². The number of hydrogen-bond acceptors (Lipinski definition) is 4. The molecular weight excluding hydrogens is 309 g/mol. The summed E-state index contributed by atoms with van der Waals surface area (Å²) in [5.41, 5.74) is -1.24. The Balaban J connectivity index is 2.20. The van der Waals surface area contributed by atoms with Crippen molar-refractivity contribution < 1.29 is 18.0 Å². The molecule has 0 unspecified atom stereocenters. The van der Waals surface area contributed by atoms with Crippen LogP contribution in [0.4, 0.5) is 24.7 Å². The maximum atomic E-state index is 12.9. The average Bonchev–Trinajstić information content (AvgIpc) is 2.52. The summed E-state index contributed by atoms with van der Waals surface area (Å²) in [6, 6.07) is 6.16. The van der Waals surface area contributed by atoms with Crippen LogP contribution in [0.1, 0.15) is 29.4 Å². The van der Waals surface area contributed by atoms with E-state index in [1.54, 1.807) is 0 Å². The minimum atomic E-state index is -4.55. The van der Waals surface area contributed by atoms with Crippen LogP contribution in [-0.2, 0) is 6.18 Å². The molecule has 0 saturated heterocycles. The topological polar surface area (TPSA) is 66.9 Å². The van der Waals surface area contributed by atoms with E-state index in [9.17, 15) is 18.0 Å². The molecule has 2 N–H and O–H groups in total. The molecule has 122 valence electrons. The Hall–Kier alpha value is -2.64. The van der Waals surface area contributed by atoms with Gasteiger partial charge in [0.25, 0.3) is 5.91 Å². The minimum absolute atomic E-state index is 0.0180. The van der Waals surface area contributed by atoms with E-state index in [1.807, 2.05) is 6.92 Å². The average molecular weight is 324 g/mol. The van der Waals surface area contributed by atoms with Crippen molar-refractivity contribution >= 4 is 17.4 Å². The summed E-state index contributed by atoms with van der Waals surface area (Å²) in [5, 5.41) is 5.22. The molecule has 0 spiro atoms. The molecule has 2 aromatic rings. The van der Waals surface area contributed by atoms with Crippen molar-refractivity contribution in [2.24, 2.45) is 0 Å². The zero-order valence-electron chi connectivity index (χ0n) is 12.3. The predicted molar refractivity (Wildman–Crippen MR) is 80.2 cm³/mol. The number of carbonyl (C=O) groups excluding carboxylic acids is 1. The Labute approximate surface area is 131 Å². The standard InChI is InChI=1S/C15H15F3N4O/c1-2-7-19-13-8-12(20-9-21-13)14(23)22-11-6-4-3-5-10(11)15(16,17)18/h3-6,8-9H,2,7H2,1H3,(H,22,23)(H,19,20,21). The van der Waals surface area contributed by atoms with E-state index in [-0.39, 0.29) is 11.4 Å². The van der Waals surface area contributed by atoms with E-state index < -0.39 is 17.6 Å². The molecule has 23 heavy (non-hydrogen) atoms. The van der Waals surface area contributed by atoms with Gasteiger partial charge in [0.2, 0.25) is 0 Å². The van der Waals surface area contributed by atoms with Gasteiger partial charge in [-0.3, -0.25) is 4.79 Å². The Morgan fingerprint density at radius 1 is 1.22 bits per heavy atom. The largest absolute Gasteiger partial charge is 0.418 e. The van der Waals surface area contributed by atoms with Crippen molar-refractivity contribution in [2.75, 3.05) is 17.2 Å². The summed E-state index contributed by atoms with van der Waals surface area (Å²) in [6.45, 7) is 2.63. The highest BCUT2D eigenvalue weighted by Crippen LogP contribution is 2.34. The number of amides is 1. The van der Waals surface area contributed by atoms with Gasteiger partial charge in [0.15, 0.2) is 0 Å². The number of anilines is 2. The number of rotatable bonds is 5. The zero-order valence-corrected chi connectivity index (χ0v) is 12.3. The maximum Gasteiger partial charge on any atom is 0.418 e. The van der Waals surface area contributed by atoms with E-state index in [4.69, 9.17) is 0 Å². The van der Waals surface area contributed by atoms with Gasteiger partial charge in [0.1, 0.15) is 17.8 Å². The molecular formula is C15H15F3N4O. The van der Waals surface area contributed by atoms with Crippen LogP contribution in [-0.4, -0.2) is 22.4 Å². The predicted octanol–water partition coefficient (Wildman–Crippen LogP) is 3.57. The molecule has 1 aromatic carbocycles. The molecule has 0 saturated carbocycles. The third-order valence-electron chi connectivity index (χ3n) is 2.94. The summed E-state index contributed by atoms with van der Waals surface area (Å²) >= 11 is 0. The summed E-state index contributed by atoms with van der Waals surface area (Å²) in [5.74, 6) is -0.292. The number of benzene rings is 1. The first-order chi connectivity index (χ1) is 10.9. The number of carbonyl (C=O) groups is 1. The number of nitrogens with one attached hydrogen (secondary N) is 2. The molecule has 5 nitrogen and oxygen atoms in total. The van der Waals surface area contributed by atoms with Gasteiger partial charge in [-0.2, -0.15) is 13.2 Å². The molecule has 0 aliphatic carbocycles. The molecule has 0 fully saturated rings. The zero-order chi connectivity index (χ0) is 16.9. The number of hydrogen-bond donors (Lipinski definition) is 2. The van der Waals surface area contributed by atoms with Crippen molar-refractivity contribution in [2.45, 2.75) is 19.5 Å². The first-order valence-electron chi connectivity index (χ1n) is 6.95. The molecule has 0 aliphatic rings. The van der Waals surface area contributed by atoms with Gasteiger partial charge in [-0.05, 0) is 18.6 Å². The van der Waals surface area contributed by atoms with Gasteiger partial charge < -0.3 is 10.6 Å². The van der Waals surface area contributed by atoms with Crippen molar-refractivity contribution in [1.29, 1.82) is 0 Å². The highest BCUT2D eigenvalue weighted by Gasteiger charge is 2.33. The third kappa shape index (κ3) is 4.41. The number of nitrogens with zero attached hydrogens (tertiary/aromatic N) is 2. The first kappa shape index (κ1) is 16.7. The lowest BCUT2D eigenvalue weighted by molar-refractivity contribution is -0.136. The van der Waals surface area contributed by atoms with Crippen LogP contribution in [0.25, 0.3) is 0 Å². The lowest BCUT2D eigenvalue weighted by Gasteiger charge is -2.13. The minimum Gasteiger partial charge on any atom is -0.370 e. The highest BCUT2D eigenvalue weighted by molar-refractivity contribution is 6.03. The van der Waals surface area contributed by atoms with Gasteiger partial charge in [0.05, 0.1) is 11.3 Å². The molecule has 0 radical (unpaired) electrons. The fraction of sp³-hybridized carbons (Fsp3) is 0.267. The van der Waals surface area contributed by atoms with Crippen molar-refractivity contribution in [1.82, 2.24) is 9.97 Å². The third-order valence-corrected chi connectivity index (χ3v) is 2.94. The summed E-state index contributed by atoms with van der Waals surface area (Å²) < 4.78 is 38.8. The van der Waals surface area contributed by atoms with Crippen molar-refractivity contribution in [3.05, 3.63) is 47.9 Å².